The van der Waals surface area contributed by atoms with Gasteiger partial charge in [-0.3, -0.25) is 4.99 Å². The molecular formula is C17H24FN5OS. The minimum Gasteiger partial charge on any atom is -0.479 e. The first kappa shape index (κ1) is 16.9. The summed E-state index contributed by atoms with van der Waals surface area (Å²) in [7, 11) is 1.43. The van der Waals surface area contributed by atoms with Gasteiger partial charge in [0.1, 0.15) is 0 Å². The van der Waals surface area contributed by atoms with Gasteiger partial charge in [0.05, 0.1) is 17.6 Å². The van der Waals surface area contributed by atoms with Crippen LogP contribution in [0.15, 0.2) is 4.99 Å². The highest BCUT2D eigenvalue weighted by Crippen LogP contribution is 2.53. The first-order chi connectivity index (χ1) is 12.0. The van der Waals surface area contributed by atoms with E-state index in [4.69, 9.17) is 10.5 Å². The zero-order valence-corrected chi connectivity index (χ0v) is 15.5. The lowest BCUT2D eigenvalue weighted by Crippen LogP contribution is -2.47. The molecule has 136 valence electrons. The highest BCUT2D eigenvalue weighted by molar-refractivity contribution is 8.15. The Morgan fingerprint density at radius 1 is 1.28 bits per heavy atom. The van der Waals surface area contributed by atoms with E-state index in [1.54, 1.807) is 18.7 Å². The van der Waals surface area contributed by atoms with E-state index in [0.29, 0.717) is 28.6 Å². The summed E-state index contributed by atoms with van der Waals surface area (Å²) in [6.07, 6.45) is 5.07. The van der Waals surface area contributed by atoms with Crippen molar-refractivity contribution in [3.63, 3.8) is 0 Å². The van der Waals surface area contributed by atoms with Gasteiger partial charge >= 0.3 is 0 Å². The molecule has 8 heteroatoms. The Bertz CT molecular complexity index is 709. The zero-order valence-electron chi connectivity index (χ0n) is 14.7. The largest absolute Gasteiger partial charge is 0.479 e. The van der Waals surface area contributed by atoms with Crippen molar-refractivity contribution in [3.05, 3.63) is 11.5 Å². The molecule has 1 saturated carbocycles. The lowest BCUT2D eigenvalue weighted by Gasteiger charge is -2.40. The Labute approximate surface area is 151 Å². The van der Waals surface area contributed by atoms with Gasteiger partial charge in [-0.25, -0.2) is 4.98 Å². The van der Waals surface area contributed by atoms with E-state index in [1.165, 1.54) is 32.8 Å². The van der Waals surface area contributed by atoms with Crippen molar-refractivity contribution >= 4 is 22.9 Å². The Hall–Kier alpha value is -1.57. The number of hydrogen-bond acceptors (Lipinski definition) is 7. The summed E-state index contributed by atoms with van der Waals surface area (Å²) in [5.74, 6) is 1.13. The number of nitrogens with zero attached hydrogens (tertiary/aromatic N) is 4. The molecule has 2 N–H and O–H groups in total. The molecule has 6 nitrogen and oxygen atoms in total. The maximum absolute atomic E-state index is 14.0. The third-order valence-corrected chi connectivity index (χ3v) is 7.34. The number of amidine groups is 1. The second-order valence-corrected chi connectivity index (χ2v) is 8.61. The molecule has 1 aliphatic carbocycles. The second kappa shape index (κ2) is 6.30. The molecule has 3 aliphatic rings. The lowest BCUT2D eigenvalue weighted by molar-refractivity contribution is 0.332. The van der Waals surface area contributed by atoms with Crippen molar-refractivity contribution in [1.82, 2.24) is 9.97 Å². The van der Waals surface area contributed by atoms with Gasteiger partial charge < -0.3 is 15.4 Å². The van der Waals surface area contributed by atoms with Crippen LogP contribution in [0.2, 0.25) is 0 Å². The number of aryl methyl sites for hydroxylation is 1. The quantitative estimate of drug-likeness (QED) is 0.886. The molecule has 0 amide bonds. The fourth-order valence-electron chi connectivity index (χ4n) is 4.58. The molecule has 2 aliphatic heterocycles. The van der Waals surface area contributed by atoms with E-state index in [0.717, 1.165) is 19.6 Å². The number of rotatable bonds is 3. The fraction of sp³-hybridized carbons (Fsp3) is 0.706. The fourth-order valence-corrected chi connectivity index (χ4v) is 6.04. The van der Waals surface area contributed by atoms with Gasteiger partial charge in [0.15, 0.2) is 5.17 Å². The Balaban J connectivity index is 1.67. The van der Waals surface area contributed by atoms with Gasteiger partial charge in [-0.2, -0.15) is 9.37 Å². The number of fused-ring (bicyclic) bond motifs is 1. The van der Waals surface area contributed by atoms with E-state index < -0.39 is 5.82 Å². The molecule has 0 spiro atoms. The molecule has 0 radical (unpaired) electrons. The van der Waals surface area contributed by atoms with Crippen LogP contribution < -0.4 is 15.4 Å². The predicted molar refractivity (Wildman–Crippen MR) is 97.8 cm³/mol. The summed E-state index contributed by atoms with van der Waals surface area (Å²) in [4.78, 5) is 15.3. The molecule has 2 fully saturated rings. The van der Waals surface area contributed by atoms with Crippen molar-refractivity contribution in [2.24, 2.45) is 22.6 Å². The number of halogens is 1. The van der Waals surface area contributed by atoms with Gasteiger partial charge in [-0.1, -0.05) is 24.6 Å². The number of hydrogen-bond donors (Lipinski definition) is 1. The van der Waals surface area contributed by atoms with Gasteiger partial charge in [-0.15, -0.1) is 0 Å². The monoisotopic (exact) mass is 365 g/mol. The SMILES string of the molecule is COc1nc(N2C[C@@H]3CN=C(N)S[C@@]3(C3CCCC3)C2)nc(C)c1F. The molecule has 3 heterocycles. The molecule has 25 heavy (non-hydrogen) atoms. The molecule has 1 aromatic heterocycles. The normalized spacial score (nSPS) is 29.6. The second-order valence-electron chi connectivity index (χ2n) is 7.23. The van der Waals surface area contributed by atoms with Crippen molar-refractivity contribution in [3.8, 4) is 5.88 Å². The minimum absolute atomic E-state index is 0.00991. The first-order valence-corrected chi connectivity index (χ1v) is 9.67. The molecular weight excluding hydrogens is 341 g/mol. The highest BCUT2D eigenvalue weighted by atomic mass is 32.2. The third kappa shape index (κ3) is 2.74. The number of aliphatic imine (C=N–C) groups is 1. The van der Waals surface area contributed by atoms with Crippen LogP contribution in [-0.2, 0) is 0 Å². The lowest BCUT2D eigenvalue weighted by atomic mass is 9.81. The molecule has 2 atom stereocenters. The van der Waals surface area contributed by atoms with Crippen LogP contribution in [0.5, 0.6) is 5.88 Å². The number of thioether (sulfide) groups is 1. The summed E-state index contributed by atoms with van der Waals surface area (Å²) in [5, 5.41) is 0.693. The van der Waals surface area contributed by atoms with E-state index >= 15 is 0 Å². The molecule has 0 bridgehead atoms. The van der Waals surface area contributed by atoms with Gasteiger partial charge in [-0.05, 0) is 25.7 Å². The minimum atomic E-state index is -0.490. The van der Waals surface area contributed by atoms with E-state index in [2.05, 4.69) is 19.9 Å². The first-order valence-electron chi connectivity index (χ1n) is 8.85. The number of aromatic nitrogens is 2. The summed E-state index contributed by atoms with van der Waals surface area (Å²) in [5.41, 5.74) is 6.43. The summed E-state index contributed by atoms with van der Waals surface area (Å²) < 4.78 is 19.2. The predicted octanol–water partition coefficient (Wildman–Crippen LogP) is 2.36. The molecule has 0 unspecified atom stereocenters. The summed E-state index contributed by atoms with van der Waals surface area (Å²) in [6, 6.07) is 0. The van der Waals surface area contributed by atoms with Gasteiger partial charge in [0.25, 0.3) is 5.88 Å². The summed E-state index contributed by atoms with van der Waals surface area (Å²) in [6.45, 7) is 4.06. The van der Waals surface area contributed by atoms with Crippen LogP contribution >= 0.6 is 11.8 Å². The molecule has 1 saturated heterocycles. The molecule has 1 aromatic rings. The Kier molecular flexibility index (Phi) is 4.25. The maximum atomic E-state index is 14.0. The van der Waals surface area contributed by atoms with E-state index in [9.17, 15) is 4.39 Å². The number of methoxy groups -OCH3 is 1. The van der Waals surface area contributed by atoms with Crippen LogP contribution in [0, 0.1) is 24.6 Å². The third-order valence-electron chi connectivity index (χ3n) is 5.83. The average molecular weight is 365 g/mol. The summed E-state index contributed by atoms with van der Waals surface area (Å²) >= 11 is 1.74. The van der Waals surface area contributed by atoms with Crippen molar-refractivity contribution in [2.75, 3.05) is 31.6 Å². The Morgan fingerprint density at radius 2 is 2.04 bits per heavy atom. The van der Waals surface area contributed by atoms with Crippen LogP contribution in [0.3, 0.4) is 0 Å². The average Bonchev–Trinajstić information content (AvgIpc) is 3.24. The van der Waals surface area contributed by atoms with Crippen LogP contribution in [0.4, 0.5) is 10.3 Å². The van der Waals surface area contributed by atoms with Gasteiger partial charge in [0, 0.05) is 25.6 Å². The highest BCUT2D eigenvalue weighted by Gasteiger charge is 2.55. The van der Waals surface area contributed by atoms with Crippen molar-refractivity contribution in [1.29, 1.82) is 0 Å². The molecule has 0 aromatic carbocycles. The van der Waals surface area contributed by atoms with Crippen LogP contribution in [0.25, 0.3) is 0 Å². The van der Waals surface area contributed by atoms with Gasteiger partial charge in [0.2, 0.25) is 11.8 Å². The van der Waals surface area contributed by atoms with Crippen molar-refractivity contribution in [2.45, 2.75) is 37.4 Å². The van der Waals surface area contributed by atoms with Crippen LogP contribution in [0.1, 0.15) is 31.4 Å². The Morgan fingerprint density at radius 3 is 2.76 bits per heavy atom. The number of nitrogens with two attached hydrogens (primary N) is 1. The maximum Gasteiger partial charge on any atom is 0.255 e. The zero-order chi connectivity index (χ0) is 17.6. The topological polar surface area (TPSA) is 76.6 Å². The molecule has 4 rings (SSSR count). The van der Waals surface area contributed by atoms with Crippen molar-refractivity contribution < 1.29 is 9.13 Å². The van der Waals surface area contributed by atoms with E-state index in [1.807, 2.05) is 0 Å². The van der Waals surface area contributed by atoms with E-state index in [-0.39, 0.29) is 10.6 Å². The number of anilines is 1. The van der Waals surface area contributed by atoms with Crippen LogP contribution in [-0.4, -0.2) is 46.6 Å². The smallest absolute Gasteiger partial charge is 0.255 e. The number of ether oxygens (including phenoxy) is 1. The standard InChI is InChI=1S/C17H24FN5OS/c1-10-13(18)14(24-2)22-16(21-10)23-8-12-7-20-15(19)25-17(12,9-23)11-5-3-4-6-11/h11-12H,3-9H2,1-2H3,(H2,19,20)/t12-,17+/m0/s1.